The van der Waals surface area contributed by atoms with Gasteiger partial charge in [-0.1, -0.05) is 43.5 Å². The minimum Gasteiger partial charge on any atom is -0.341 e. The number of hydrogen-bond donors (Lipinski definition) is 2. The van der Waals surface area contributed by atoms with Crippen LogP contribution in [-0.2, 0) is 11.8 Å². The highest BCUT2D eigenvalue weighted by atomic mass is 16.2. The molecule has 1 aliphatic carbocycles. The standard InChI is InChI=1S/C34H34N6O3/c1-22(33(42)37-27-14-11-23(12-15-27)25-17-19-39(2)31(41)21-25)36-34(43)26-13-16-28-29(20-26)38-40(30-10-6-7-18-35-30)32(28)24-8-4-3-5-9-24/h6-7,10-22,24H,3-5,8-9H2,1-2H3,(H,36,43)(H,37,42)/t22-/m1/s1. The monoisotopic (exact) mass is 574 g/mol. The first-order chi connectivity index (χ1) is 20.9. The molecule has 0 radical (unpaired) electrons. The van der Waals surface area contributed by atoms with Crippen molar-refractivity contribution in [2.45, 2.75) is 51.0 Å². The number of aryl methyl sites for hydroxylation is 1. The molecule has 1 atom stereocenters. The van der Waals surface area contributed by atoms with Crippen molar-refractivity contribution in [2.24, 2.45) is 7.05 Å². The highest BCUT2D eigenvalue weighted by Crippen LogP contribution is 2.37. The van der Waals surface area contributed by atoms with Crippen molar-refractivity contribution < 1.29 is 9.59 Å². The van der Waals surface area contributed by atoms with E-state index in [4.69, 9.17) is 5.10 Å². The maximum Gasteiger partial charge on any atom is 0.251 e. The number of fused-ring (bicyclic) bond motifs is 1. The van der Waals surface area contributed by atoms with Gasteiger partial charge in [0.2, 0.25) is 5.91 Å². The van der Waals surface area contributed by atoms with Crippen LogP contribution in [0.3, 0.4) is 0 Å². The molecule has 0 spiro atoms. The lowest BCUT2D eigenvalue weighted by Gasteiger charge is -2.22. The maximum absolute atomic E-state index is 13.2. The van der Waals surface area contributed by atoms with Gasteiger partial charge in [0.25, 0.3) is 11.5 Å². The van der Waals surface area contributed by atoms with E-state index in [1.165, 1.54) is 23.8 Å². The highest BCUT2D eigenvalue weighted by molar-refractivity contribution is 6.02. The van der Waals surface area contributed by atoms with Gasteiger partial charge in [-0.05, 0) is 73.4 Å². The molecular formula is C34H34N6O3. The van der Waals surface area contributed by atoms with Gasteiger partial charge in [-0.2, -0.15) is 5.10 Å². The third-order valence-electron chi connectivity index (χ3n) is 8.16. The minimum atomic E-state index is -0.774. The van der Waals surface area contributed by atoms with Gasteiger partial charge in [0, 0.05) is 48.1 Å². The SMILES string of the molecule is C[C@@H](NC(=O)c1ccc2c(C3CCCCC3)n(-c3ccccn3)nc2c1)C(=O)Nc1ccc(-c2ccn(C)c(=O)c2)cc1. The van der Waals surface area contributed by atoms with Gasteiger partial charge in [-0.25, -0.2) is 9.67 Å². The summed E-state index contributed by atoms with van der Waals surface area (Å²) >= 11 is 0. The molecule has 218 valence electrons. The Morgan fingerprint density at radius 1 is 0.930 bits per heavy atom. The molecule has 3 aromatic heterocycles. The van der Waals surface area contributed by atoms with Crippen LogP contribution < -0.4 is 16.2 Å². The van der Waals surface area contributed by atoms with Gasteiger partial charge in [0.1, 0.15) is 6.04 Å². The normalized spacial score (nSPS) is 14.4. The molecule has 0 bridgehead atoms. The average molecular weight is 575 g/mol. The zero-order valence-electron chi connectivity index (χ0n) is 24.3. The fourth-order valence-corrected chi connectivity index (χ4v) is 5.74. The molecule has 0 aliphatic heterocycles. The Hall–Kier alpha value is -5.05. The van der Waals surface area contributed by atoms with Crippen LogP contribution in [0, 0.1) is 0 Å². The van der Waals surface area contributed by atoms with Crippen molar-refractivity contribution in [3.05, 3.63) is 107 Å². The lowest BCUT2D eigenvalue weighted by molar-refractivity contribution is -0.117. The zero-order chi connectivity index (χ0) is 29.9. The Morgan fingerprint density at radius 3 is 2.44 bits per heavy atom. The summed E-state index contributed by atoms with van der Waals surface area (Å²) in [4.78, 5) is 42.6. The summed E-state index contributed by atoms with van der Waals surface area (Å²) in [7, 11) is 1.70. The summed E-state index contributed by atoms with van der Waals surface area (Å²) in [6.07, 6.45) is 9.34. The fourth-order valence-electron chi connectivity index (χ4n) is 5.74. The second kappa shape index (κ2) is 12.1. The van der Waals surface area contributed by atoms with Gasteiger partial charge < -0.3 is 15.2 Å². The van der Waals surface area contributed by atoms with Gasteiger partial charge >= 0.3 is 0 Å². The van der Waals surface area contributed by atoms with Crippen molar-refractivity contribution in [1.29, 1.82) is 0 Å². The van der Waals surface area contributed by atoms with Crippen LogP contribution in [0.1, 0.15) is 61.0 Å². The molecule has 2 amide bonds. The molecule has 1 fully saturated rings. The quantitative estimate of drug-likeness (QED) is 0.263. The molecule has 9 heteroatoms. The third kappa shape index (κ3) is 5.97. The van der Waals surface area contributed by atoms with Crippen LogP contribution in [0.5, 0.6) is 0 Å². The number of carbonyl (C=O) groups excluding carboxylic acids is 2. The molecule has 43 heavy (non-hydrogen) atoms. The molecule has 1 aliphatic rings. The summed E-state index contributed by atoms with van der Waals surface area (Å²) in [6, 6.07) is 21.2. The number of pyridine rings is 2. The molecule has 1 saturated carbocycles. The fraction of sp³-hybridized carbons (Fsp3) is 0.265. The predicted octanol–water partition coefficient (Wildman–Crippen LogP) is 5.59. The summed E-state index contributed by atoms with van der Waals surface area (Å²) in [6.45, 7) is 1.65. The Balaban J connectivity index is 1.16. The third-order valence-corrected chi connectivity index (χ3v) is 8.16. The van der Waals surface area contributed by atoms with E-state index >= 15 is 0 Å². The summed E-state index contributed by atoms with van der Waals surface area (Å²) in [5, 5.41) is 11.6. The number of amides is 2. The first-order valence-corrected chi connectivity index (χ1v) is 14.7. The van der Waals surface area contributed by atoms with Crippen LogP contribution in [-0.4, -0.2) is 37.2 Å². The molecule has 0 unspecified atom stereocenters. The van der Waals surface area contributed by atoms with Crippen molar-refractivity contribution >= 4 is 28.4 Å². The second-order valence-electron chi connectivity index (χ2n) is 11.2. The molecule has 5 aromatic rings. The number of nitrogens with one attached hydrogen (secondary N) is 2. The van der Waals surface area contributed by atoms with E-state index in [-0.39, 0.29) is 17.4 Å². The molecule has 9 nitrogen and oxygen atoms in total. The molecular weight excluding hydrogens is 540 g/mol. The van der Waals surface area contributed by atoms with Gasteiger partial charge in [0.05, 0.1) is 11.2 Å². The lowest BCUT2D eigenvalue weighted by atomic mass is 9.85. The molecule has 0 saturated heterocycles. The Kier molecular flexibility index (Phi) is 7.87. The summed E-state index contributed by atoms with van der Waals surface area (Å²) in [5.74, 6) is 0.460. The van der Waals surface area contributed by atoms with Crippen molar-refractivity contribution in [3.63, 3.8) is 0 Å². The van der Waals surface area contributed by atoms with E-state index in [0.717, 1.165) is 46.4 Å². The minimum absolute atomic E-state index is 0.0928. The summed E-state index contributed by atoms with van der Waals surface area (Å²) in [5.41, 5.74) is 4.48. The number of hydrogen-bond acceptors (Lipinski definition) is 5. The molecule has 2 N–H and O–H groups in total. The van der Waals surface area contributed by atoms with E-state index in [2.05, 4.69) is 15.6 Å². The van der Waals surface area contributed by atoms with Crippen LogP contribution in [0.25, 0.3) is 27.8 Å². The van der Waals surface area contributed by atoms with E-state index in [1.54, 1.807) is 56.7 Å². The Bertz CT molecular complexity index is 1840. The first kappa shape index (κ1) is 28.1. The largest absolute Gasteiger partial charge is 0.341 e. The van der Waals surface area contributed by atoms with Gasteiger partial charge in [-0.15, -0.1) is 0 Å². The maximum atomic E-state index is 13.2. The molecule has 3 heterocycles. The van der Waals surface area contributed by atoms with Crippen LogP contribution in [0.15, 0.2) is 90.0 Å². The van der Waals surface area contributed by atoms with Crippen molar-refractivity contribution in [3.8, 4) is 16.9 Å². The topological polar surface area (TPSA) is 111 Å². The molecule has 6 rings (SSSR count). The van der Waals surface area contributed by atoms with Crippen molar-refractivity contribution in [2.75, 3.05) is 5.32 Å². The Morgan fingerprint density at radius 2 is 1.72 bits per heavy atom. The van der Waals surface area contributed by atoms with E-state index in [1.807, 2.05) is 47.1 Å². The second-order valence-corrected chi connectivity index (χ2v) is 11.2. The number of aromatic nitrogens is 4. The van der Waals surface area contributed by atoms with E-state index < -0.39 is 6.04 Å². The smallest absolute Gasteiger partial charge is 0.251 e. The van der Waals surface area contributed by atoms with E-state index in [0.29, 0.717) is 17.2 Å². The van der Waals surface area contributed by atoms with Crippen LogP contribution in [0.2, 0.25) is 0 Å². The number of carbonyl (C=O) groups is 2. The number of nitrogens with zero attached hydrogens (tertiary/aromatic N) is 4. The van der Waals surface area contributed by atoms with Crippen LogP contribution >= 0.6 is 0 Å². The number of anilines is 1. The van der Waals surface area contributed by atoms with Gasteiger partial charge in [0.15, 0.2) is 5.82 Å². The molecule has 2 aromatic carbocycles. The Labute approximate surface area is 249 Å². The number of benzene rings is 2. The van der Waals surface area contributed by atoms with E-state index in [9.17, 15) is 14.4 Å². The first-order valence-electron chi connectivity index (χ1n) is 14.7. The number of rotatable bonds is 7. The summed E-state index contributed by atoms with van der Waals surface area (Å²) < 4.78 is 3.44. The lowest BCUT2D eigenvalue weighted by Crippen LogP contribution is -2.41. The predicted molar refractivity (Wildman–Crippen MR) is 167 cm³/mol. The zero-order valence-corrected chi connectivity index (χ0v) is 24.3. The highest BCUT2D eigenvalue weighted by Gasteiger charge is 2.25. The van der Waals surface area contributed by atoms with Crippen molar-refractivity contribution in [1.82, 2.24) is 24.6 Å². The van der Waals surface area contributed by atoms with Gasteiger partial charge in [-0.3, -0.25) is 14.4 Å². The van der Waals surface area contributed by atoms with Crippen LogP contribution in [0.4, 0.5) is 5.69 Å². The average Bonchev–Trinajstić information content (AvgIpc) is 3.42.